The second-order valence-electron chi connectivity index (χ2n) is 11.8. The third kappa shape index (κ3) is 6.03. The SMILES string of the molecule is CC(C)CN(Cc1ccccc1)c1nncn1[C@@H]1CCc2sc(NC(=O)C3CC3)c(C(=O)NCC3CC3)c2C1. The quantitative estimate of drug-likeness (QED) is 0.344. The predicted molar refractivity (Wildman–Crippen MR) is 154 cm³/mol. The Morgan fingerprint density at radius 1 is 1.13 bits per heavy atom. The molecule has 3 aliphatic carbocycles. The van der Waals surface area contributed by atoms with Gasteiger partial charge in [-0.3, -0.25) is 14.2 Å². The number of hydrogen-bond acceptors (Lipinski definition) is 6. The number of fused-ring (bicyclic) bond motifs is 1. The summed E-state index contributed by atoms with van der Waals surface area (Å²) in [6.07, 6.45) is 8.62. The van der Waals surface area contributed by atoms with E-state index in [1.165, 1.54) is 23.3 Å². The van der Waals surface area contributed by atoms with Crippen LogP contribution in [0.4, 0.5) is 10.9 Å². The number of aryl methyl sites for hydroxylation is 1. The van der Waals surface area contributed by atoms with E-state index in [-0.39, 0.29) is 23.8 Å². The monoisotopic (exact) mass is 546 g/mol. The summed E-state index contributed by atoms with van der Waals surface area (Å²) >= 11 is 1.59. The van der Waals surface area contributed by atoms with Crippen LogP contribution in [0.15, 0.2) is 36.7 Å². The summed E-state index contributed by atoms with van der Waals surface area (Å²) in [6, 6.07) is 10.6. The second kappa shape index (κ2) is 11.1. The summed E-state index contributed by atoms with van der Waals surface area (Å²) in [5.41, 5.74) is 2.99. The van der Waals surface area contributed by atoms with Crippen molar-refractivity contribution in [2.24, 2.45) is 17.8 Å². The number of benzene rings is 1. The van der Waals surface area contributed by atoms with Gasteiger partial charge in [-0.25, -0.2) is 0 Å². The van der Waals surface area contributed by atoms with Crippen LogP contribution in [-0.4, -0.2) is 39.7 Å². The molecule has 2 heterocycles. The van der Waals surface area contributed by atoms with Crippen molar-refractivity contribution in [3.8, 4) is 0 Å². The number of nitrogens with zero attached hydrogens (tertiary/aromatic N) is 4. The first-order valence-electron chi connectivity index (χ1n) is 14.4. The molecular weight excluding hydrogens is 508 g/mol. The normalized spacial score (nSPS) is 18.6. The number of hydrogen-bond donors (Lipinski definition) is 2. The fourth-order valence-electron chi connectivity index (χ4n) is 5.52. The molecule has 0 radical (unpaired) electrons. The molecule has 2 amide bonds. The van der Waals surface area contributed by atoms with E-state index < -0.39 is 0 Å². The molecule has 0 aliphatic heterocycles. The van der Waals surface area contributed by atoms with Crippen LogP contribution < -0.4 is 15.5 Å². The molecule has 2 fully saturated rings. The van der Waals surface area contributed by atoms with Crippen LogP contribution in [0.1, 0.15) is 78.4 Å². The Labute approximate surface area is 234 Å². The van der Waals surface area contributed by atoms with Crippen LogP contribution in [0.2, 0.25) is 0 Å². The molecule has 9 heteroatoms. The second-order valence-corrected chi connectivity index (χ2v) is 12.9. The smallest absolute Gasteiger partial charge is 0.254 e. The predicted octanol–water partition coefficient (Wildman–Crippen LogP) is 5.22. The van der Waals surface area contributed by atoms with Gasteiger partial charge < -0.3 is 15.5 Å². The summed E-state index contributed by atoms with van der Waals surface area (Å²) in [7, 11) is 0. The maximum atomic E-state index is 13.5. The Morgan fingerprint density at radius 3 is 2.64 bits per heavy atom. The van der Waals surface area contributed by atoms with E-state index in [0.29, 0.717) is 23.9 Å². The Morgan fingerprint density at radius 2 is 1.92 bits per heavy atom. The van der Waals surface area contributed by atoms with Crippen molar-refractivity contribution in [1.82, 2.24) is 20.1 Å². The van der Waals surface area contributed by atoms with Crippen molar-refractivity contribution >= 4 is 34.1 Å². The molecule has 3 aromatic rings. The van der Waals surface area contributed by atoms with Crippen molar-refractivity contribution in [1.29, 1.82) is 0 Å². The molecule has 39 heavy (non-hydrogen) atoms. The number of nitrogens with one attached hydrogen (secondary N) is 2. The minimum Gasteiger partial charge on any atom is -0.352 e. The van der Waals surface area contributed by atoms with Crippen molar-refractivity contribution in [3.63, 3.8) is 0 Å². The number of aromatic nitrogens is 3. The Hall–Kier alpha value is -3.20. The number of rotatable bonds is 11. The lowest BCUT2D eigenvalue weighted by Crippen LogP contribution is -2.32. The zero-order chi connectivity index (χ0) is 26.9. The van der Waals surface area contributed by atoms with Gasteiger partial charge in [0.15, 0.2) is 0 Å². The third-order valence-corrected chi connectivity index (χ3v) is 9.13. The van der Waals surface area contributed by atoms with Gasteiger partial charge in [0.05, 0.1) is 5.56 Å². The van der Waals surface area contributed by atoms with Crippen molar-refractivity contribution in [2.75, 3.05) is 23.3 Å². The third-order valence-electron chi connectivity index (χ3n) is 7.93. The highest BCUT2D eigenvalue weighted by molar-refractivity contribution is 7.17. The summed E-state index contributed by atoms with van der Waals surface area (Å²) in [6.45, 7) is 6.79. The van der Waals surface area contributed by atoms with Crippen LogP contribution in [0.3, 0.4) is 0 Å². The number of anilines is 2. The molecule has 2 saturated carbocycles. The van der Waals surface area contributed by atoms with Crippen molar-refractivity contribution < 1.29 is 9.59 Å². The molecule has 6 rings (SSSR count). The first-order chi connectivity index (χ1) is 19.0. The maximum absolute atomic E-state index is 13.5. The van der Waals surface area contributed by atoms with Crippen LogP contribution in [0, 0.1) is 17.8 Å². The minimum absolute atomic E-state index is 0.0488. The molecule has 3 aliphatic rings. The van der Waals surface area contributed by atoms with Gasteiger partial charge in [0.25, 0.3) is 5.91 Å². The van der Waals surface area contributed by atoms with Gasteiger partial charge in [0.2, 0.25) is 11.9 Å². The largest absolute Gasteiger partial charge is 0.352 e. The molecule has 0 saturated heterocycles. The molecule has 8 nitrogen and oxygen atoms in total. The topological polar surface area (TPSA) is 92.2 Å². The highest BCUT2D eigenvalue weighted by Gasteiger charge is 2.35. The van der Waals surface area contributed by atoms with E-state index in [1.807, 2.05) is 12.4 Å². The fraction of sp³-hybridized carbons (Fsp3) is 0.533. The van der Waals surface area contributed by atoms with E-state index in [9.17, 15) is 9.59 Å². The summed E-state index contributed by atoms with van der Waals surface area (Å²) < 4.78 is 2.21. The van der Waals surface area contributed by atoms with Gasteiger partial charge in [0, 0.05) is 36.5 Å². The molecule has 2 aromatic heterocycles. The summed E-state index contributed by atoms with van der Waals surface area (Å²) in [4.78, 5) is 29.7. The van der Waals surface area contributed by atoms with Gasteiger partial charge in [-0.1, -0.05) is 44.2 Å². The minimum atomic E-state index is -0.0550. The van der Waals surface area contributed by atoms with Gasteiger partial charge in [-0.15, -0.1) is 21.5 Å². The van der Waals surface area contributed by atoms with E-state index >= 15 is 0 Å². The number of thiophene rings is 1. The highest BCUT2D eigenvalue weighted by Crippen LogP contribution is 2.43. The fourth-order valence-corrected chi connectivity index (χ4v) is 6.76. The summed E-state index contributed by atoms with van der Waals surface area (Å²) in [5, 5.41) is 15.9. The van der Waals surface area contributed by atoms with E-state index in [0.717, 1.165) is 61.7 Å². The molecule has 1 aromatic carbocycles. The molecule has 2 N–H and O–H groups in total. The number of carbonyl (C=O) groups is 2. The van der Waals surface area contributed by atoms with Crippen molar-refractivity contribution in [3.05, 3.63) is 58.2 Å². The maximum Gasteiger partial charge on any atom is 0.254 e. The molecule has 0 unspecified atom stereocenters. The molecular formula is C30H38N6O2S. The van der Waals surface area contributed by atoms with E-state index in [1.54, 1.807) is 11.3 Å². The number of carbonyl (C=O) groups excluding carboxylic acids is 2. The van der Waals surface area contributed by atoms with Gasteiger partial charge in [-0.2, -0.15) is 0 Å². The Balaban J connectivity index is 1.28. The molecule has 1 atom stereocenters. The van der Waals surface area contributed by atoms with Crippen LogP contribution in [0.25, 0.3) is 0 Å². The van der Waals surface area contributed by atoms with Gasteiger partial charge >= 0.3 is 0 Å². The lowest BCUT2D eigenvalue weighted by atomic mass is 9.91. The lowest BCUT2D eigenvalue weighted by Gasteiger charge is -2.30. The number of amides is 2. The average molecular weight is 547 g/mol. The molecule has 206 valence electrons. The van der Waals surface area contributed by atoms with Crippen molar-refractivity contribution in [2.45, 2.75) is 71.4 Å². The van der Waals surface area contributed by atoms with E-state index in [2.05, 4.69) is 68.4 Å². The van der Waals surface area contributed by atoms with Crippen LogP contribution in [0.5, 0.6) is 0 Å². The van der Waals surface area contributed by atoms with Crippen LogP contribution >= 0.6 is 11.3 Å². The highest BCUT2D eigenvalue weighted by atomic mass is 32.1. The molecule has 0 bridgehead atoms. The van der Waals surface area contributed by atoms with Gasteiger partial charge in [0.1, 0.15) is 11.3 Å². The van der Waals surface area contributed by atoms with Gasteiger partial charge in [-0.05, 0) is 67.9 Å². The molecule has 0 spiro atoms. The lowest BCUT2D eigenvalue weighted by molar-refractivity contribution is -0.117. The Bertz CT molecular complexity index is 1320. The first kappa shape index (κ1) is 26.0. The zero-order valence-corrected chi connectivity index (χ0v) is 23.7. The zero-order valence-electron chi connectivity index (χ0n) is 22.9. The summed E-state index contributed by atoms with van der Waals surface area (Å²) in [5.74, 6) is 2.02. The Kier molecular flexibility index (Phi) is 7.42. The first-order valence-corrected chi connectivity index (χ1v) is 15.2. The average Bonchev–Trinajstić information content (AvgIpc) is 3.85. The standard InChI is InChI=1S/C30H38N6O2S/c1-19(2)16-35(17-21-6-4-3-5-7-21)30-34-32-18-36(30)23-12-13-25-24(14-23)26(28(38)31-15-20-8-9-20)29(39-25)33-27(37)22-10-11-22/h3-7,18-20,22-23H,8-17H2,1-2H3,(H,31,38)(H,33,37)/t23-/m1/s1. The van der Waals surface area contributed by atoms with E-state index in [4.69, 9.17) is 0 Å². The van der Waals surface area contributed by atoms with Crippen LogP contribution in [-0.2, 0) is 24.2 Å².